The Labute approximate surface area is 215 Å². The van der Waals surface area contributed by atoms with Gasteiger partial charge in [-0.25, -0.2) is 0 Å². The van der Waals surface area contributed by atoms with E-state index in [0.29, 0.717) is 5.78 Å². The van der Waals surface area contributed by atoms with Gasteiger partial charge >= 0.3 is 0 Å². The van der Waals surface area contributed by atoms with E-state index in [0.717, 1.165) is 50.2 Å². The van der Waals surface area contributed by atoms with Crippen LogP contribution in [-0.4, -0.2) is 11.9 Å². The molecule has 0 aliphatic heterocycles. The fourth-order valence-corrected chi connectivity index (χ4v) is 4.85. The minimum Gasteiger partial charge on any atom is -0.496 e. The first-order chi connectivity index (χ1) is 16.5. The molecule has 0 heterocycles. The van der Waals surface area contributed by atoms with Gasteiger partial charge in [0.2, 0.25) is 0 Å². The van der Waals surface area contributed by atoms with Gasteiger partial charge in [0.1, 0.15) is 5.78 Å². The molecule has 0 aliphatic rings. The Kier molecular flexibility index (Phi) is 24.7. The molecule has 0 aliphatic carbocycles. The minimum absolute atomic E-state index is 0.284. The van der Waals surface area contributed by atoms with Gasteiger partial charge in [-0.05, 0) is 44.9 Å². The van der Waals surface area contributed by atoms with Crippen LogP contribution in [0, 0.1) is 5.92 Å². The lowest BCUT2D eigenvalue weighted by molar-refractivity contribution is -0.119. The van der Waals surface area contributed by atoms with E-state index in [2.05, 4.69) is 34.3 Å². The number of ether oxygens (including phenoxy) is 1. The molecule has 0 aromatic carbocycles. The second-order valence-electron chi connectivity index (χ2n) is 10.8. The van der Waals surface area contributed by atoms with E-state index < -0.39 is 0 Å². The Morgan fingerprint density at radius 1 is 0.618 bits per heavy atom. The van der Waals surface area contributed by atoms with Gasteiger partial charge < -0.3 is 4.74 Å². The Morgan fingerprint density at radius 3 is 1.74 bits per heavy atom. The molecule has 202 valence electrons. The molecular formula is C32H62O2. The maximum Gasteiger partial charge on any atom is 0.132 e. The zero-order valence-electron chi connectivity index (χ0n) is 23.9. The van der Waals surface area contributed by atoms with Crippen molar-refractivity contribution in [1.82, 2.24) is 0 Å². The van der Waals surface area contributed by atoms with Crippen LogP contribution in [0.4, 0.5) is 0 Å². The van der Waals surface area contributed by atoms with Crippen LogP contribution in [-0.2, 0) is 9.53 Å². The predicted molar refractivity (Wildman–Crippen MR) is 151 cm³/mol. The van der Waals surface area contributed by atoms with Gasteiger partial charge in [0.15, 0.2) is 0 Å². The van der Waals surface area contributed by atoms with Gasteiger partial charge in [-0.1, -0.05) is 124 Å². The third-order valence-corrected chi connectivity index (χ3v) is 7.37. The first kappa shape index (κ1) is 33.2. The van der Waals surface area contributed by atoms with Gasteiger partial charge in [-0.2, -0.15) is 0 Å². The second kappa shape index (κ2) is 25.3. The van der Waals surface area contributed by atoms with E-state index in [1.165, 1.54) is 109 Å². The summed E-state index contributed by atoms with van der Waals surface area (Å²) in [7, 11) is 0. The standard InChI is InChI=1S/C32H62O2/c1-6-9-11-12-13-14-15-17-20-23-29(4)34-30(5)24-21-18-16-19-22-26-32(33)28-27-31(8-3)25-10-7-2/h30-31H,4,6-28H2,1-3,5H3. The van der Waals surface area contributed by atoms with Crippen molar-refractivity contribution in [3.05, 3.63) is 12.3 Å². The largest absolute Gasteiger partial charge is 0.496 e. The van der Waals surface area contributed by atoms with Crippen molar-refractivity contribution in [2.75, 3.05) is 0 Å². The normalized spacial score (nSPS) is 13.1. The SMILES string of the molecule is C=C(CCCCCCCCCCC)OC(C)CCCCCCCC(=O)CCC(CC)CCCC. The van der Waals surface area contributed by atoms with Gasteiger partial charge in [0, 0.05) is 19.3 Å². The van der Waals surface area contributed by atoms with Crippen molar-refractivity contribution in [3.63, 3.8) is 0 Å². The molecule has 2 nitrogen and oxygen atoms in total. The molecule has 0 fully saturated rings. The molecular weight excluding hydrogens is 416 g/mol. The highest BCUT2D eigenvalue weighted by molar-refractivity contribution is 5.78. The van der Waals surface area contributed by atoms with E-state index in [1.54, 1.807) is 0 Å². The van der Waals surface area contributed by atoms with Gasteiger partial charge in [0.05, 0.1) is 11.9 Å². The molecule has 0 N–H and O–H groups in total. The molecule has 2 unspecified atom stereocenters. The zero-order chi connectivity index (χ0) is 25.3. The van der Waals surface area contributed by atoms with Crippen molar-refractivity contribution in [2.24, 2.45) is 5.92 Å². The fraction of sp³-hybridized carbons (Fsp3) is 0.906. The second-order valence-corrected chi connectivity index (χ2v) is 10.8. The number of unbranched alkanes of at least 4 members (excludes halogenated alkanes) is 13. The van der Waals surface area contributed by atoms with Crippen molar-refractivity contribution < 1.29 is 9.53 Å². The third kappa shape index (κ3) is 23.0. The molecule has 2 atom stereocenters. The first-order valence-electron chi connectivity index (χ1n) is 15.4. The van der Waals surface area contributed by atoms with Crippen LogP contribution in [0.3, 0.4) is 0 Å². The van der Waals surface area contributed by atoms with Gasteiger partial charge in [-0.15, -0.1) is 0 Å². The van der Waals surface area contributed by atoms with Crippen molar-refractivity contribution in [1.29, 1.82) is 0 Å². The minimum atomic E-state index is 0.284. The number of ketones is 1. The molecule has 0 bridgehead atoms. The van der Waals surface area contributed by atoms with Crippen LogP contribution in [0.5, 0.6) is 0 Å². The molecule has 0 spiro atoms. The summed E-state index contributed by atoms with van der Waals surface area (Å²) < 4.78 is 6.02. The van der Waals surface area contributed by atoms with Crippen LogP contribution in [0.2, 0.25) is 0 Å². The third-order valence-electron chi connectivity index (χ3n) is 7.37. The Bertz CT molecular complexity index is 456. The Morgan fingerprint density at radius 2 is 1.15 bits per heavy atom. The number of carbonyl (C=O) groups is 1. The molecule has 2 heteroatoms. The van der Waals surface area contributed by atoms with Gasteiger partial charge in [-0.3, -0.25) is 4.79 Å². The van der Waals surface area contributed by atoms with E-state index in [-0.39, 0.29) is 6.10 Å². The highest BCUT2D eigenvalue weighted by Gasteiger charge is 2.09. The molecule has 0 aromatic rings. The smallest absolute Gasteiger partial charge is 0.132 e. The van der Waals surface area contributed by atoms with Crippen LogP contribution in [0.15, 0.2) is 12.3 Å². The Hall–Kier alpha value is -0.790. The Balaban J connectivity index is 3.51. The highest BCUT2D eigenvalue weighted by atomic mass is 16.5. The van der Waals surface area contributed by atoms with E-state index in [1.807, 2.05) is 0 Å². The molecule has 0 saturated carbocycles. The highest BCUT2D eigenvalue weighted by Crippen LogP contribution is 2.20. The fourth-order valence-electron chi connectivity index (χ4n) is 4.85. The zero-order valence-corrected chi connectivity index (χ0v) is 23.9. The van der Waals surface area contributed by atoms with Crippen molar-refractivity contribution in [3.8, 4) is 0 Å². The topological polar surface area (TPSA) is 26.3 Å². The number of hydrogen-bond acceptors (Lipinski definition) is 2. The summed E-state index contributed by atoms with van der Waals surface area (Å²) in [5.41, 5.74) is 0. The summed E-state index contributed by atoms with van der Waals surface area (Å²) in [6.07, 6.45) is 28.5. The number of hydrogen-bond donors (Lipinski definition) is 0. The molecule has 0 radical (unpaired) electrons. The monoisotopic (exact) mass is 478 g/mol. The number of allylic oxidation sites excluding steroid dienone is 1. The summed E-state index contributed by atoms with van der Waals surface area (Å²) in [5, 5.41) is 0. The summed E-state index contributed by atoms with van der Waals surface area (Å²) in [6.45, 7) is 13.1. The maximum absolute atomic E-state index is 12.2. The van der Waals surface area contributed by atoms with Crippen molar-refractivity contribution >= 4 is 5.78 Å². The lowest BCUT2D eigenvalue weighted by atomic mass is 9.92. The van der Waals surface area contributed by atoms with E-state index in [4.69, 9.17) is 4.74 Å². The molecule has 0 rings (SSSR count). The lowest BCUT2D eigenvalue weighted by Crippen LogP contribution is -2.07. The number of carbonyl (C=O) groups excluding carboxylic acids is 1. The van der Waals surface area contributed by atoms with Crippen molar-refractivity contribution in [2.45, 2.75) is 181 Å². The number of rotatable bonds is 27. The lowest BCUT2D eigenvalue weighted by Gasteiger charge is -2.16. The number of Topliss-reactive ketones (excluding diaryl/α,β-unsaturated/α-hetero) is 1. The summed E-state index contributed by atoms with van der Waals surface area (Å²) in [4.78, 5) is 12.2. The van der Waals surface area contributed by atoms with Crippen LogP contribution in [0.25, 0.3) is 0 Å². The quantitative estimate of drug-likeness (QED) is 0.0866. The summed E-state index contributed by atoms with van der Waals surface area (Å²) in [6, 6.07) is 0. The van der Waals surface area contributed by atoms with Crippen LogP contribution < -0.4 is 0 Å². The summed E-state index contributed by atoms with van der Waals surface area (Å²) in [5.74, 6) is 2.23. The molecule has 0 saturated heterocycles. The molecule has 0 amide bonds. The predicted octanol–water partition coefficient (Wildman–Crippen LogP) is 11.1. The first-order valence-corrected chi connectivity index (χ1v) is 15.4. The van der Waals surface area contributed by atoms with E-state index in [9.17, 15) is 4.79 Å². The van der Waals surface area contributed by atoms with Crippen LogP contribution >= 0.6 is 0 Å². The van der Waals surface area contributed by atoms with Crippen LogP contribution in [0.1, 0.15) is 175 Å². The molecule has 0 aromatic heterocycles. The van der Waals surface area contributed by atoms with E-state index >= 15 is 0 Å². The maximum atomic E-state index is 12.2. The molecule has 34 heavy (non-hydrogen) atoms. The van der Waals surface area contributed by atoms with Gasteiger partial charge in [0.25, 0.3) is 0 Å². The summed E-state index contributed by atoms with van der Waals surface area (Å²) >= 11 is 0. The average Bonchev–Trinajstić information content (AvgIpc) is 2.82. The average molecular weight is 479 g/mol.